The second-order valence-corrected chi connectivity index (χ2v) is 4.15. The Bertz CT molecular complexity index is 339. The number of hydrogen-bond donors (Lipinski definition) is 3. The van der Waals surface area contributed by atoms with Crippen molar-refractivity contribution in [2.24, 2.45) is 5.73 Å². The zero-order chi connectivity index (χ0) is 11.4. The van der Waals surface area contributed by atoms with E-state index in [1.165, 1.54) is 0 Å². The maximum absolute atomic E-state index is 10.5. The topological polar surface area (TPSA) is 83.6 Å². The minimum atomic E-state index is -1.16. The largest absolute Gasteiger partial charge is 0.390 e. The standard InChI is InChI=1S/C10H12BrNO3/c11-7-3-1-6(2-4-7)10(15)8(13)5-9(12)14/h1-4,8,10,13,15H,5H2,(H2,12,14). The lowest BCUT2D eigenvalue weighted by molar-refractivity contribution is -0.121. The first-order chi connectivity index (χ1) is 7.00. The number of rotatable bonds is 4. The molecule has 0 spiro atoms. The highest BCUT2D eigenvalue weighted by atomic mass is 79.9. The first-order valence-electron chi connectivity index (χ1n) is 4.40. The van der Waals surface area contributed by atoms with Crippen molar-refractivity contribution in [1.29, 1.82) is 0 Å². The summed E-state index contributed by atoms with van der Waals surface area (Å²) in [5.41, 5.74) is 5.46. The fourth-order valence-electron chi connectivity index (χ4n) is 1.20. The summed E-state index contributed by atoms with van der Waals surface area (Å²) in [5.74, 6) is -0.640. The Labute approximate surface area is 95.8 Å². The third kappa shape index (κ3) is 3.62. The molecule has 4 nitrogen and oxygen atoms in total. The molecule has 0 bridgehead atoms. The lowest BCUT2D eigenvalue weighted by Gasteiger charge is -2.16. The van der Waals surface area contributed by atoms with E-state index in [-0.39, 0.29) is 6.42 Å². The molecule has 2 unspecified atom stereocenters. The molecule has 0 aliphatic heterocycles. The number of carbonyl (C=O) groups excluding carboxylic acids is 1. The van der Waals surface area contributed by atoms with E-state index in [0.29, 0.717) is 5.56 Å². The fourth-order valence-corrected chi connectivity index (χ4v) is 1.46. The van der Waals surface area contributed by atoms with Crippen LogP contribution in [0.15, 0.2) is 28.7 Å². The van der Waals surface area contributed by atoms with Gasteiger partial charge in [0.2, 0.25) is 5.91 Å². The molecule has 0 heterocycles. The normalized spacial score (nSPS) is 14.6. The van der Waals surface area contributed by atoms with Gasteiger partial charge in [-0.3, -0.25) is 4.79 Å². The maximum atomic E-state index is 10.5. The van der Waals surface area contributed by atoms with Crippen LogP contribution in [0.25, 0.3) is 0 Å². The average Bonchev–Trinajstić information content (AvgIpc) is 2.17. The van der Waals surface area contributed by atoms with Crippen molar-refractivity contribution in [3.05, 3.63) is 34.3 Å². The lowest BCUT2D eigenvalue weighted by atomic mass is 10.0. The number of primary amides is 1. The van der Waals surface area contributed by atoms with Crippen LogP contribution >= 0.6 is 15.9 Å². The summed E-state index contributed by atoms with van der Waals surface area (Å²) in [5, 5.41) is 19.1. The second kappa shape index (κ2) is 5.25. The number of carbonyl (C=O) groups is 1. The highest BCUT2D eigenvalue weighted by molar-refractivity contribution is 9.10. The van der Waals surface area contributed by atoms with Crippen molar-refractivity contribution in [2.45, 2.75) is 18.6 Å². The van der Waals surface area contributed by atoms with E-state index >= 15 is 0 Å². The predicted octanol–water partition coefficient (Wildman–Crippen LogP) is 0.719. The summed E-state index contributed by atoms with van der Waals surface area (Å²) in [7, 11) is 0. The number of amides is 1. The van der Waals surface area contributed by atoms with E-state index < -0.39 is 18.1 Å². The van der Waals surface area contributed by atoms with E-state index in [1.807, 2.05) is 0 Å². The first kappa shape index (κ1) is 12.2. The Kier molecular flexibility index (Phi) is 4.26. The van der Waals surface area contributed by atoms with Gasteiger partial charge in [-0.25, -0.2) is 0 Å². The maximum Gasteiger partial charge on any atom is 0.220 e. The minimum absolute atomic E-state index is 0.253. The fraction of sp³-hybridized carbons (Fsp3) is 0.300. The van der Waals surface area contributed by atoms with Gasteiger partial charge in [-0.2, -0.15) is 0 Å². The molecule has 0 saturated carbocycles. The molecule has 1 amide bonds. The van der Waals surface area contributed by atoms with Crippen LogP contribution in [0.4, 0.5) is 0 Å². The van der Waals surface area contributed by atoms with Crippen molar-refractivity contribution >= 4 is 21.8 Å². The molecule has 1 rings (SSSR count). The van der Waals surface area contributed by atoms with E-state index in [4.69, 9.17) is 5.73 Å². The Morgan fingerprint density at radius 3 is 2.33 bits per heavy atom. The molecule has 0 aliphatic rings. The highest BCUT2D eigenvalue weighted by Crippen LogP contribution is 2.20. The van der Waals surface area contributed by atoms with E-state index in [2.05, 4.69) is 15.9 Å². The molecule has 4 N–H and O–H groups in total. The third-order valence-electron chi connectivity index (χ3n) is 1.99. The molecule has 0 aliphatic carbocycles. The molecule has 5 heteroatoms. The van der Waals surface area contributed by atoms with Gasteiger partial charge in [0.1, 0.15) is 6.10 Å². The van der Waals surface area contributed by atoms with Crippen LogP contribution in [0.2, 0.25) is 0 Å². The average molecular weight is 274 g/mol. The van der Waals surface area contributed by atoms with Crippen LogP contribution in [-0.2, 0) is 4.79 Å². The molecule has 1 aromatic carbocycles. The highest BCUT2D eigenvalue weighted by Gasteiger charge is 2.19. The minimum Gasteiger partial charge on any atom is -0.390 e. The van der Waals surface area contributed by atoms with Gasteiger partial charge in [-0.1, -0.05) is 28.1 Å². The monoisotopic (exact) mass is 273 g/mol. The molecular formula is C10H12BrNO3. The van der Waals surface area contributed by atoms with Gasteiger partial charge in [0, 0.05) is 4.47 Å². The summed E-state index contributed by atoms with van der Waals surface area (Å²) < 4.78 is 0.878. The Morgan fingerprint density at radius 1 is 1.33 bits per heavy atom. The molecular weight excluding hydrogens is 262 g/mol. The van der Waals surface area contributed by atoms with Gasteiger partial charge < -0.3 is 15.9 Å². The predicted molar refractivity (Wildman–Crippen MR) is 58.9 cm³/mol. The van der Waals surface area contributed by atoms with Crippen LogP contribution < -0.4 is 5.73 Å². The SMILES string of the molecule is NC(=O)CC(O)C(O)c1ccc(Br)cc1. The number of aliphatic hydroxyl groups is 2. The van der Waals surface area contributed by atoms with E-state index in [0.717, 1.165) is 4.47 Å². The molecule has 0 aromatic heterocycles. The van der Waals surface area contributed by atoms with Crippen molar-refractivity contribution in [3.8, 4) is 0 Å². The molecule has 2 atom stereocenters. The third-order valence-corrected chi connectivity index (χ3v) is 2.51. The zero-order valence-electron chi connectivity index (χ0n) is 7.93. The summed E-state index contributed by atoms with van der Waals surface area (Å²) in [6.45, 7) is 0. The molecule has 0 radical (unpaired) electrons. The van der Waals surface area contributed by atoms with Gasteiger partial charge in [0.15, 0.2) is 0 Å². The summed E-state index contributed by atoms with van der Waals surface area (Å²) >= 11 is 3.25. The number of nitrogens with two attached hydrogens (primary N) is 1. The summed E-state index contributed by atoms with van der Waals surface area (Å²) in [6, 6.07) is 6.82. The molecule has 1 aromatic rings. The van der Waals surface area contributed by atoms with Gasteiger partial charge in [0.05, 0.1) is 12.5 Å². The Balaban J connectivity index is 2.71. The van der Waals surface area contributed by atoms with Crippen molar-refractivity contribution in [2.75, 3.05) is 0 Å². The lowest BCUT2D eigenvalue weighted by Crippen LogP contribution is -2.25. The number of benzene rings is 1. The number of aliphatic hydroxyl groups excluding tert-OH is 2. The summed E-state index contributed by atoms with van der Waals surface area (Å²) in [4.78, 5) is 10.5. The van der Waals surface area contributed by atoms with Crippen molar-refractivity contribution in [1.82, 2.24) is 0 Å². The zero-order valence-corrected chi connectivity index (χ0v) is 9.52. The van der Waals surface area contributed by atoms with Crippen molar-refractivity contribution in [3.63, 3.8) is 0 Å². The van der Waals surface area contributed by atoms with Gasteiger partial charge in [-0.05, 0) is 17.7 Å². The van der Waals surface area contributed by atoms with Gasteiger partial charge in [0.25, 0.3) is 0 Å². The Morgan fingerprint density at radius 2 is 1.87 bits per heavy atom. The van der Waals surface area contributed by atoms with E-state index in [9.17, 15) is 15.0 Å². The van der Waals surface area contributed by atoms with Crippen LogP contribution in [-0.4, -0.2) is 22.2 Å². The van der Waals surface area contributed by atoms with Gasteiger partial charge in [-0.15, -0.1) is 0 Å². The van der Waals surface area contributed by atoms with Crippen LogP contribution in [0.3, 0.4) is 0 Å². The molecule has 15 heavy (non-hydrogen) atoms. The first-order valence-corrected chi connectivity index (χ1v) is 5.20. The smallest absolute Gasteiger partial charge is 0.220 e. The second-order valence-electron chi connectivity index (χ2n) is 3.23. The quantitative estimate of drug-likeness (QED) is 0.756. The molecule has 0 fully saturated rings. The van der Waals surface area contributed by atoms with Crippen LogP contribution in [0.5, 0.6) is 0 Å². The summed E-state index contributed by atoms with van der Waals surface area (Å²) in [6.07, 6.45) is -2.51. The molecule has 82 valence electrons. The van der Waals surface area contributed by atoms with Crippen molar-refractivity contribution < 1.29 is 15.0 Å². The Hall–Kier alpha value is -0.910. The molecule has 0 saturated heterocycles. The number of hydrogen-bond acceptors (Lipinski definition) is 3. The number of halogens is 1. The van der Waals surface area contributed by atoms with Crippen LogP contribution in [0.1, 0.15) is 18.1 Å². The van der Waals surface area contributed by atoms with E-state index in [1.54, 1.807) is 24.3 Å². The van der Waals surface area contributed by atoms with Gasteiger partial charge >= 0.3 is 0 Å². The van der Waals surface area contributed by atoms with Crippen LogP contribution in [0, 0.1) is 0 Å².